The summed E-state index contributed by atoms with van der Waals surface area (Å²) in [6.45, 7) is 3.79. The average molecular weight is 468 g/mol. The van der Waals surface area contributed by atoms with Gasteiger partial charge in [-0.3, -0.25) is 25.0 Å². The maximum Gasteiger partial charge on any atom is 0.335 e. The Balaban J connectivity index is 1.83. The van der Waals surface area contributed by atoms with Crippen molar-refractivity contribution in [3.05, 3.63) is 91.1 Å². The standard InChI is InChI=1S/C23H20N2O7S/c1-23(2)13-19(26)22(33-18-9-7-16(8-10-18)24(28)29)20(14-23)32-21(27)11-6-15-4-3-5-17(12-15)25(30)31/h3-12H,13-14H2,1-2H3/b11-6+. The highest BCUT2D eigenvalue weighted by Crippen LogP contribution is 2.43. The van der Waals surface area contributed by atoms with E-state index in [1.165, 1.54) is 48.5 Å². The first-order valence-corrected chi connectivity index (χ1v) is 10.7. The van der Waals surface area contributed by atoms with Crippen molar-refractivity contribution in [1.29, 1.82) is 0 Å². The van der Waals surface area contributed by atoms with E-state index in [1.54, 1.807) is 6.07 Å². The molecule has 2 aromatic rings. The van der Waals surface area contributed by atoms with Crippen LogP contribution in [-0.4, -0.2) is 21.6 Å². The van der Waals surface area contributed by atoms with Crippen LogP contribution < -0.4 is 0 Å². The number of hydrogen-bond acceptors (Lipinski definition) is 8. The van der Waals surface area contributed by atoms with Gasteiger partial charge in [0.1, 0.15) is 5.76 Å². The first-order valence-electron chi connectivity index (χ1n) is 9.87. The second-order valence-electron chi connectivity index (χ2n) is 8.15. The molecule has 0 unspecified atom stereocenters. The summed E-state index contributed by atoms with van der Waals surface area (Å²) >= 11 is 1.09. The van der Waals surface area contributed by atoms with Crippen molar-refractivity contribution in [2.24, 2.45) is 5.41 Å². The number of allylic oxidation sites excluding steroid dienone is 2. The normalized spacial score (nSPS) is 15.5. The Morgan fingerprint density at radius 2 is 1.70 bits per heavy atom. The molecule has 0 amide bonds. The third-order valence-electron chi connectivity index (χ3n) is 4.77. The summed E-state index contributed by atoms with van der Waals surface area (Å²) in [5.74, 6) is -0.669. The molecule has 1 aliphatic rings. The van der Waals surface area contributed by atoms with Crippen molar-refractivity contribution < 1.29 is 24.2 Å². The molecule has 0 spiro atoms. The summed E-state index contributed by atoms with van der Waals surface area (Å²) in [4.78, 5) is 46.9. The van der Waals surface area contributed by atoms with Gasteiger partial charge in [-0.15, -0.1) is 0 Å². The van der Waals surface area contributed by atoms with E-state index in [1.807, 2.05) is 13.8 Å². The van der Waals surface area contributed by atoms with Gasteiger partial charge in [0.25, 0.3) is 11.4 Å². The molecule has 3 rings (SSSR count). The fraction of sp³-hybridized carbons (Fsp3) is 0.217. The number of hydrogen-bond donors (Lipinski definition) is 0. The largest absolute Gasteiger partial charge is 0.427 e. The van der Waals surface area contributed by atoms with E-state index < -0.39 is 21.2 Å². The Hall–Kier alpha value is -3.79. The smallest absolute Gasteiger partial charge is 0.335 e. The number of rotatable bonds is 7. The maximum absolute atomic E-state index is 12.8. The molecule has 0 saturated heterocycles. The van der Waals surface area contributed by atoms with Gasteiger partial charge in [-0.2, -0.15) is 0 Å². The Labute approximate surface area is 193 Å². The van der Waals surface area contributed by atoms with Gasteiger partial charge in [0.15, 0.2) is 5.78 Å². The summed E-state index contributed by atoms with van der Waals surface area (Å²) in [6.07, 6.45) is 3.17. The van der Waals surface area contributed by atoms with Crippen LogP contribution in [0.1, 0.15) is 32.3 Å². The molecule has 33 heavy (non-hydrogen) atoms. The maximum atomic E-state index is 12.8. The summed E-state index contributed by atoms with van der Waals surface area (Å²) in [5, 5.41) is 21.8. The van der Waals surface area contributed by atoms with E-state index in [-0.39, 0.29) is 34.2 Å². The first-order chi connectivity index (χ1) is 15.5. The van der Waals surface area contributed by atoms with E-state index in [2.05, 4.69) is 0 Å². The molecule has 10 heteroatoms. The molecule has 0 atom stereocenters. The zero-order chi connectivity index (χ0) is 24.2. The predicted molar refractivity (Wildman–Crippen MR) is 122 cm³/mol. The number of carbonyl (C=O) groups is 2. The number of nitrogens with zero attached hydrogens (tertiary/aromatic N) is 2. The van der Waals surface area contributed by atoms with Gasteiger partial charge < -0.3 is 4.74 Å². The molecular weight excluding hydrogens is 448 g/mol. The van der Waals surface area contributed by atoms with E-state index in [0.717, 1.165) is 17.8 Å². The van der Waals surface area contributed by atoms with Gasteiger partial charge >= 0.3 is 5.97 Å². The number of benzene rings is 2. The molecule has 0 fully saturated rings. The van der Waals surface area contributed by atoms with Crippen LogP contribution in [0.3, 0.4) is 0 Å². The van der Waals surface area contributed by atoms with Crippen LogP contribution in [0.5, 0.6) is 0 Å². The molecule has 1 aliphatic carbocycles. The SMILES string of the molecule is CC1(C)CC(=O)C(Sc2ccc([N+](=O)[O-])cc2)=C(OC(=O)/C=C/c2cccc([N+](=O)[O-])c2)C1. The number of ketones is 1. The minimum Gasteiger partial charge on any atom is -0.427 e. The third kappa shape index (κ3) is 6.36. The quantitative estimate of drug-likeness (QED) is 0.227. The van der Waals surface area contributed by atoms with Crippen LogP contribution in [0.25, 0.3) is 6.08 Å². The van der Waals surface area contributed by atoms with Gasteiger partial charge in [-0.05, 0) is 29.2 Å². The number of nitro benzene ring substituents is 2. The Kier molecular flexibility index (Phi) is 7.07. The molecule has 0 bridgehead atoms. The molecular formula is C23H20N2O7S. The highest BCUT2D eigenvalue weighted by Gasteiger charge is 2.35. The van der Waals surface area contributed by atoms with E-state index >= 15 is 0 Å². The van der Waals surface area contributed by atoms with E-state index in [4.69, 9.17) is 4.74 Å². The van der Waals surface area contributed by atoms with Crippen LogP contribution in [-0.2, 0) is 14.3 Å². The molecule has 2 aromatic carbocycles. The van der Waals surface area contributed by atoms with Crippen molar-refractivity contribution in [2.45, 2.75) is 31.6 Å². The lowest BCUT2D eigenvalue weighted by molar-refractivity contribution is -0.385. The second-order valence-corrected chi connectivity index (χ2v) is 9.24. The summed E-state index contributed by atoms with van der Waals surface area (Å²) in [7, 11) is 0. The van der Waals surface area contributed by atoms with Crippen LogP contribution in [0.15, 0.2) is 70.2 Å². The highest BCUT2D eigenvalue weighted by atomic mass is 32.2. The lowest BCUT2D eigenvalue weighted by Gasteiger charge is -2.30. The summed E-state index contributed by atoms with van der Waals surface area (Å²) < 4.78 is 5.51. The molecule has 0 radical (unpaired) electrons. The molecule has 0 saturated carbocycles. The zero-order valence-corrected chi connectivity index (χ0v) is 18.7. The zero-order valence-electron chi connectivity index (χ0n) is 17.8. The lowest BCUT2D eigenvalue weighted by atomic mass is 9.79. The molecule has 170 valence electrons. The van der Waals surface area contributed by atoms with Crippen molar-refractivity contribution in [3.8, 4) is 0 Å². The molecule has 0 N–H and O–H groups in total. The number of thioether (sulfide) groups is 1. The van der Waals surface area contributed by atoms with Crippen molar-refractivity contribution in [1.82, 2.24) is 0 Å². The number of carbonyl (C=O) groups excluding carboxylic acids is 2. The monoisotopic (exact) mass is 468 g/mol. The van der Waals surface area contributed by atoms with Gasteiger partial charge in [-0.25, -0.2) is 4.79 Å². The van der Waals surface area contributed by atoms with E-state index in [0.29, 0.717) is 16.9 Å². The summed E-state index contributed by atoms with van der Waals surface area (Å²) in [5.41, 5.74) is -0.122. The van der Waals surface area contributed by atoms with Gasteiger partial charge in [0.05, 0.1) is 14.8 Å². The van der Waals surface area contributed by atoms with Crippen LogP contribution >= 0.6 is 11.8 Å². The second kappa shape index (κ2) is 9.78. The molecule has 0 heterocycles. The van der Waals surface area contributed by atoms with Crippen LogP contribution in [0.2, 0.25) is 0 Å². The fourth-order valence-corrected chi connectivity index (χ4v) is 4.18. The lowest BCUT2D eigenvalue weighted by Crippen LogP contribution is -2.26. The topological polar surface area (TPSA) is 130 Å². The van der Waals surface area contributed by atoms with E-state index in [9.17, 15) is 29.8 Å². The number of Topliss-reactive ketones (excluding diaryl/α,β-unsaturated/α-hetero) is 1. The van der Waals surface area contributed by atoms with Crippen LogP contribution in [0, 0.1) is 25.6 Å². The highest BCUT2D eigenvalue weighted by molar-refractivity contribution is 8.04. The third-order valence-corrected chi connectivity index (χ3v) is 5.94. The first kappa shape index (κ1) is 23.9. The minimum atomic E-state index is -0.719. The van der Waals surface area contributed by atoms with Crippen molar-refractivity contribution in [3.63, 3.8) is 0 Å². The van der Waals surface area contributed by atoms with Gasteiger partial charge in [-0.1, -0.05) is 37.7 Å². The molecule has 0 aliphatic heterocycles. The minimum absolute atomic E-state index is 0.0672. The van der Waals surface area contributed by atoms with Gasteiger partial charge in [0, 0.05) is 48.1 Å². The molecule has 0 aromatic heterocycles. The van der Waals surface area contributed by atoms with Crippen molar-refractivity contribution in [2.75, 3.05) is 0 Å². The van der Waals surface area contributed by atoms with Gasteiger partial charge in [0.2, 0.25) is 0 Å². The van der Waals surface area contributed by atoms with Crippen LogP contribution in [0.4, 0.5) is 11.4 Å². The average Bonchev–Trinajstić information content (AvgIpc) is 2.74. The molecule has 9 nitrogen and oxygen atoms in total. The predicted octanol–water partition coefficient (Wildman–Crippen LogP) is 5.45. The number of nitro groups is 2. The number of esters is 1. The summed E-state index contributed by atoms with van der Waals surface area (Å²) in [6, 6.07) is 11.5. The Morgan fingerprint density at radius 1 is 1.03 bits per heavy atom. The Morgan fingerprint density at radius 3 is 2.33 bits per heavy atom. The Bertz CT molecular complexity index is 1180. The number of non-ortho nitro benzene ring substituents is 2. The fourth-order valence-electron chi connectivity index (χ4n) is 3.26. The number of ether oxygens (including phenoxy) is 1. The van der Waals surface area contributed by atoms with Crippen molar-refractivity contribution >= 4 is 41.0 Å².